The molecule has 24 heavy (non-hydrogen) atoms. The van der Waals surface area contributed by atoms with Crippen LogP contribution in [0.5, 0.6) is 0 Å². The third kappa shape index (κ3) is 3.01. The normalized spacial score (nSPS) is 10.7. The molecule has 0 atom stereocenters. The van der Waals surface area contributed by atoms with Crippen LogP contribution in [0.1, 0.15) is 0 Å². The van der Waals surface area contributed by atoms with Crippen LogP contribution in [0.25, 0.3) is 20.2 Å². The van der Waals surface area contributed by atoms with Gasteiger partial charge in [0.15, 0.2) is 0 Å². The van der Waals surface area contributed by atoms with E-state index in [1.807, 2.05) is 28.7 Å². The van der Waals surface area contributed by atoms with Crippen LogP contribution in [0.4, 0.5) is 10.7 Å². The predicted octanol–water partition coefficient (Wildman–Crippen LogP) is 6.91. The van der Waals surface area contributed by atoms with Crippen LogP contribution in [-0.4, -0.2) is 7.05 Å². The monoisotopic (exact) mass is 347 g/mol. The quantitative estimate of drug-likeness (QED) is 0.387. The van der Waals surface area contributed by atoms with Gasteiger partial charge < -0.3 is 4.90 Å². The Labute approximate surface area is 150 Å². The molecule has 0 spiro atoms. The minimum Gasteiger partial charge on any atom is -0.336 e. The first-order valence-corrected chi connectivity index (χ1v) is 9.49. The standard InChI is InChI=1S/C21H17NS2/c1-22(17-10-6-3-7-11-17)21-15-14-20(24-21)19-13-12-18(23-19)16-8-4-2-5-9-16/h2-15H,1H3. The number of hydrogen-bond acceptors (Lipinski definition) is 3. The fourth-order valence-electron chi connectivity index (χ4n) is 2.65. The van der Waals surface area contributed by atoms with E-state index in [2.05, 4.69) is 90.8 Å². The molecule has 0 saturated heterocycles. The zero-order valence-electron chi connectivity index (χ0n) is 13.3. The molecule has 0 aliphatic carbocycles. The van der Waals surface area contributed by atoms with E-state index >= 15 is 0 Å². The summed E-state index contributed by atoms with van der Waals surface area (Å²) in [6.45, 7) is 0. The van der Waals surface area contributed by atoms with Crippen LogP contribution in [0, 0.1) is 0 Å². The summed E-state index contributed by atoms with van der Waals surface area (Å²) in [6.07, 6.45) is 0. The van der Waals surface area contributed by atoms with Crippen LogP contribution in [0.2, 0.25) is 0 Å². The highest BCUT2D eigenvalue weighted by atomic mass is 32.1. The molecular weight excluding hydrogens is 330 g/mol. The van der Waals surface area contributed by atoms with Crippen molar-refractivity contribution in [2.75, 3.05) is 11.9 Å². The smallest absolute Gasteiger partial charge is 0.0957 e. The zero-order chi connectivity index (χ0) is 16.4. The molecule has 3 heteroatoms. The molecule has 2 heterocycles. The van der Waals surface area contributed by atoms with Gasteiger partial charge in [-0.15, -0.1) is 22.7 Å². The van der Waals surface area contributed by atoms with Gasteiger partial charge in [-0.1, -0.05) is 48.5 Å². The highest BCUT2D eigenvalue weighted by molar-refractivity contribution is 7.25. The number of thiophene rings is 2. The van der Waals surface area contributed by atoms with Gasteiger partial charge in [-0.05, 0) is 42.0 Å². The van der Waals surface area contributed by atoms with Crippen LogP contribution in [0.3, 0.4) is 0 Å². The summed E-state index contributed by atoms with van der Waals surface area (Å²) in [5.41, 5.74) is 2.49. The van der Waals surface area contributed by atoms with Crippen molar-refractivity contribution in [2.45, 2.75) is 0 Å². The Hall–Kier alpha value is -2.36. The van der Waals surface area contributed by atoms with Gasteiger partial charge in [0.25, 0.3) is 0 Å². The molecule has 1 nitrogen and oxygen atoms in total. The third-order valence-electron chi connectivity index (χ3n) is 3.97. The van der Waals surface area contributed by atoms with Crippen LogP contribution in [-0.2, 0) is 0 Å². The second-order valence-corrected chi connectivity index (χ2v) is 7.71. The molecule has 0 radical (unpaired) electrons. The molecule has 0 unspecified atom stereocenters. The van der Waals surface area contributed by atoms with Crippen molar-refractivity contribution in [2.24, 2.45) is 0 Å². The first-order chi connectivity index (χ1) is 11.8. The Morgan fingerprint density at radius 1 is 0.583 bits per heavy atom. The van der Waals surface area contributed by atoms with E-state index in [4.69, 9.17) is 0 Å². The Morgan fingerprint density at radius 2 is 1.17 bits per heavy atom. The van der Waals surface area contributed by atoms with E-state index in [0.717, 1.165) is 0 Å². The summed E-state index contributed by atoms with van der Waals surface area (Å²) in [6, 6.07) is 29.9. The van der Waals surface area contributed by atoms with Gasteiger partial charge in [0.2, 0.25) is 0 Å². The molecule has 4 rings (SSSR count). The van der Waals surface area contributed by atoms with Crippen molar-refractivity contribution in [1.82, 2.24) is 0 Å². The number of rotatable bonds is 4. The van der Waals surface area contributed by atoms with Gasteiger partial charge in [-0.2, -0.15) is 0 Å². The maximum absolute atomic E-state index is 2.24. The third-order valence-corrected chi connectivity index (χ3v) is 6.46. The molecule has 4 aromatic rings. The first-order valence-electron chi connectivity index (χ1n) is 7.85. The maximum Gasteiger partial charge on any atom is 0.0957 e. The molecule has 0 N–H and O–H groups in total. The van der Waals surface area contributed by atoms with E-state index in [-0.39, 0.29) is 0 Å². The average molecular weight is 348 g/mol. The fraction of sp³-hybridized carbons (Fsp3) is 0.0476. The lowest BCUT2D eigenvalue weighted by Gasteiger charge is -2.16. The SMILES string of the molecule is CN(c1ccccc1)c1ccc(-c2ccc(-c3ccccc3)s2)s1. The lowest BCUT2D eigenvalue weighted by molar-refractivity contribution is 1.24. The molecule has 0 saturated carbocycles. The first kappa shape index (κ1) is 15.2. The number of nitrogens with zero attached hydrogens (tertiary/aromatic N) is 1. The second-order valence-electron chi connectivity index (χ2n) is 5.56. The van der Waals surface area contributed by atoms with Gasteiger partial charge in [0.1, 0.15) is 0 Å². The number of benzene rings is 2. The summed E-state index contributed by atoms with van der Waals surface area (Å²) < 4.78 is 0. The molecular formula is C21H17NS2. The average Bonchev–Trinajstić information content (AvgIpc) is 3.32. The molecule has 2 aromatic carbocycles. The highest BCUT2D eigenvalue weighted by Crippen LogP contribution is 2.41. The van der Waals surface area contributed by atoms with E-state index in [0.29, 0.717) is 0 Å². The van der Waals surface area contributed by atoms with Crippen LogP contribution < -0.4 is 4.90 Å². The summed E-state index contributed by atoms with van der Waals surface area (Å²) in [5.74, 6) is 0. The van der Waals surface area contributed by atoms with E-state index in [1.165, 1.54) is 30.9 Å². The Morgan fingerprint density at radius 3 is 1.92 bits per heavy atom. The van der Waals surface area contributed by atoms with Crippen molar-refractivity contribution in [3.63, 3.8) is 0 Å². The van der Waals surface area contributed by atoms with Gasteiger partial charge in [-0.25, -0.2) is 0 Å². The molecule has 0 fully saturated rings. The van der Waals surface area contributed by atoms with Crippen LogP contribution >= 0.6 is 22.7 Å². The lowest BCUT2D eigenvalue weighted by Crippen LogP contribution is -2.06. The lowest BCUT2D eigenvalue weighted by atomic mass is 10.2. The van der Waals surface area contributed by atoms with Gasteiger partial charge in [0.05, 0.1) is 5.00 Å². The number of para-hydroxylation sites is 1. The number of anilines is 2. The molecule has 2 aromatic heterocycles. The molecule has 118 valence electrons. The fourth-order valence-corrected chi connectivity index (χ4v) is 4.74. The largest absolute Gasteiger partial charge is 0.336 e. The summed E-state index contributed by atoms with van der Waals surface area (Å²) in [4.78, 5) is 6.20. The molecule has 0 amide bonds. The second kappa shape index (κ2) is 6.63. The van der Waals surface area contributed by atoms with Crippen molar-refractivity contribution >= 4 is 33.4 Å². The number of hydrogen-bond donors (Lipinski definition) is 0. The van der Waals surface area contributed by atoms with Gasteiger partial charge >= 0.3 is 0 Å². The maximum atomic E-state index is 2.24. The summed E-state index contributed by atoms with van der Waals surface area (Å²) >= 11 is 3.69. The van der Waals surface area contributed by atoms with Crippen molar-refractivity contribution < 1.29 is 0 Å². The minimum absolute atomic E-state index is 1.21. The van der Waals surface area contributed by atoms with Crippen LogP contribution in [0.15, 0.2) is 84.9 Å². The van der Waals surface area contributed by atoms with E-state index in [1.54, 1.807) is 0 Å². The van der Waals surface area contributed by atoms with E-state index < -0.39 is 0 Å². The molecule has 0 bridgehead atoms. The zero-order valence-corrected chi connectivity index (χ0v) is 15.0. The van der Waals surface area contributed by atoms with Crippen molar-refractivity contribution in [1.29, 1.82) is 0 Å². The summed E-state index contributed by atoms with van der Waals surface area (Å²) in [7, 11) is 2.12. The van der Waals surface area contributed by atoms with Gasteiger partial charge in [-0.3, -0.25) is 0 Å². The van der Waals surface area contributed by atoms with Crippen molar-refractivity contribution in [3.8, 4) is 20.2 Å². The summed E-state index contributed by atoms with van der Waals surface area (Å²) in [5, 5.41) is 1.26. The Kier molecular flexibility index (Phi) is 4.20. The Bertz CT molecular complexity index is 923. The topological polar surface area (TPSA) is 3.24 Å². The minimum atomic E-state index is 1.21. The van der Waals surface area contributed by atoms with E-state index in [9.17, 15) is 0 Å². The Balaban J connectivity index is 1.61. The van der Waals surface area contributed by atoms with Gasteiger partial charge in [0, 0.05) is 27.4 Å². The molecule has 0 aliphatic heterocycles. The predicted molar refractivity (Wildman–Crippen MR) is 108 cm³/mol. The highest BCUT2D eigenvalue weighted by Gasteiger charge is 2.10. The van der Waals surface area contributed by atoms with Crippen molar-refractivity contribution in [3.05, 3.63) is 84.9 Å². The molecule has 0 aliphatic rings.